The summed E-state index contributed by atoms with van der Waals surface area (Å²) < 4.78 is 7.63. The van der Waals surface area contributed by atoms with Gasteiger partial charge in [0.1, 0.15) is 11.4 Å². The average molecular weight is 349 g/mol. The number of rotatable bonds is 6. The van der Waals surface area contributed by atoms with Gasteiger partial charge in [-0.1, -0.05) is 18.2 Å². The van der Waals surface area contributed by atoms with E-state index >= 15 is 0 Å². The van der Waals surface area contributed by atoms with Crippen molar-refractivity contribution in [2.75, 3.05) is 0 Å². The second-order valence-corrected chi connectivity index (χ2v) is 6.44. The maximum Gasteiger partial charge on any atom is 0.244 e. The van der Waals surface area contributed by atoms with Crippen molar-refractivity contribution in [3.05, 3.63) is 71.7 Å². The van der Waals surface area contributed by atoms with Gasteiger partial charge in [-0.05, 0) is 56.2 Å². The standard InChI is InChI=1S/C21H23N3O2/c1-15(2)26-19-8-4-7-17(12-19)9-10-20(25)22-13-18-14-24-11-5-6-16(3)21(24)23-18/h4-12,14-15H,13H2,1-3H3,(H,22,25)/b10-9+. The van der Waals surface area contributed by atoms with Crippen molar-refractivity contribution in [3.63, 3.8) is 0 Å². The Kier molecular flexibility index (Phi) is 5.37. The first-order valence-electron chi connectivity index (χ1n) is 8.67. The lowest BCUT2D eigenvalue weighted by atomic mass is 10.2. The van der Waals surface area contributed by atoms with E-state index in [4.69, 9.17) is 4.74 Å². The molecule has 0 aliphatic carbocycles. The smallest absolute Gasteiger partial charge is 0.244 e. The van der Waals surface area contributed by atoms with Crippen molar-refractivity contribution < 1.29 is 9.53 Å². The zero-order valence-electron chi connectivity index (χ0n) is 15.3. The van der Waals surface area contributed by atoms with Crippen molar-refractivity contribution >= 4 is 17.6 Å². The van der Waals surface area contributed by atoms with Gasteiger partial charge in [-0.2, -0.15) is 0 Å². The number of imidazole rings is 1. The molecule has 26 heavy (non-hydrogen) atoms. The summed E-state index contributed by atoms with van der Waals surface area (Å²) in [4.78, 5) is 16.6. The lowest BCUT2D eigenvalue weighted by Crippen LogP contribution is -2.20. The van der Waals surface area contributed by atoms with E-state index in [1.165, 1.54) is 6.08 Å². The van der Waals surface area contributed by atoms with Crippen LogP contribution in [0.3, 0.4) is 0 Å². The number of ether oxygens (including phenoxy) is 1. The lowest BCUT2D eigenvalue weighted by Gasteiger charge is -2.09. The zero-order chi connectivity index (χ0) is 18.5. The molecule has 2 heterocycles. The topological polar surface area (TPSA) is 55.6 Å². The number of fused-ring (bicyclic) bond motifs is 1. The summed E-state index contributed by atoms with van der Waals surface area (Å²) in [7, 11) is 0. The molecule has 3 rings (SSSR count). The Balaban J connectivity index is 1.59. The summed E-state index contributed by atoms with van der Waals surface area (Å²) in [5, 5.41) is 2.86. The van der Waals surface area contributed by atoms with Gasteiger partial charge in [-0.25, -0.2) is 4.98 Å². The lowest BCUT2D eigenvalue weighted by molar-refractivity contribution is -0.116. The van der Waals surface area contributed by atoms with E-state index in [1.807, 2.05) is 74.0 Å². The highest BCUT2D eigenvalue weighted by molar-refractivity contribution is 5.91. The van der Waals surface area contributed by atoms with Gasteiger partial charge in [0.2, 0.25) is 5.91 Å². The minimum Gasteiger partial charge on any atom is -0.491 e. The molecule has 1 N–H and O–H groups in total. The van der Waals surface area contributed by atoms with Crippen molar-refractivity contribution in [2.45, 2.75) is 33.4 Å². The first-order chi connectivity index (χ1) is 12.5. The minimum absolute atomic E-state index is 0.117. The van der Waals surface area contributed by atoms with Gasteiger partial charge in [-0.3, -0.25) is 4.79 Å². The van der Waals surface area contributed by atoms with Crippen LogP contribution in [0.4, 0.5) is 0 Å². The molecular formula is C21H23N3O2. The number of hydrogen-bond acceptors (Lipinski definition) is 3. The summed E-state index contributed by atoms with van der Waals surface area (Å²) in [6.45, 7) is 6.37. The molecule has 134 valence electrons. The van der Waals surface area contributed by atoms with E-state index < -0.39 is 0 Å². The number of carbonyl (C=O) groups is 1. The molecule has 0 spiro atoms. The Morgan fingerprint density at radius 3 is 2.92 bits per heavy atom. The molecule has 0 aliphatic rings. The second kappa shape index (κ2) is 7.87. The van der Waals surface area contributed by atoms with E-state index in [0.29, 0.717) is 6.54 Å². The molecule has 5 nitrogen and oxygen atoms in total. The number of pyridine rings is 1. The van der Waals surface area contributed by atoms with Crippen LogP contribution in [0.2, 0.25) is 0 Å². The first-order valence-corrected chi connectivity index (χ1v) is 8.67. The van der Waals surface area contributed by atoms with Gasteiger partial charge in [0.05, 0.1) is 18.3 Å². The monoisotopic (exact) mass is 349 g/mol. The zero-order valence-corrected chi connectivity index (χ0v) is 15.3. The van der Waals surface area contributed by atoms with Crippen LogP contribution in [0.1, 0.15) is 30.7 Å². The molecule has 2 aromatic heterocycles. The number of benzene rings is 1. The molecular weight excluding hydrogens is 326 g/mol. The van der Waals surface area contributed by atoms with Crippen molar-refractivity contribution in [2.24, 2.45) is 0 Å². The van der Waals surface area contributed by atoms with Gasteiger partial charge >= 0.3 is 0 Å². The van der Waals surface area contributed by atoms with E-state index in [-0.39, 0.29) is 12.0 Å². The van der Waals surface area contributed by atoms with Crippen molar-refractivity contribution in [1.29, 1.82) is 0 Å². The number of amides is 1. The number of nitrogens with zero attached hydrogens (tertiary/aromatic N) is 2. The van der Waals surface area contributed by atoms with E-state index in [9.17, 15) is 4.79 Å². The summed E-state index contributed by atoms with van der Waals surface area (Å²) in [6, 6.07) is 11.7. The number of aromatic nitrogens is 2. The van der Waals surface area contributed by atoms with Crippen LogP contribution in [0.25, 0.3) is 11.7 Å². The highest BCUT2D eigenvalue weighted by Crippen LogP contribution is 2.16. The average Bonchev–Trinajstić information content (AvgIpc) is 3.02. The molecule has 0 atom stereocenters. The molecule has 5 heteroatoms. The fourth-order valence-electron chi connectivity index (χ4n) is 2.66. The van der Waals surface area contributed by atoms with E-state index in [1.54, 1.807) is 6.08 Å². The SMILES string of the molecule is Cc1cccn2cc(CNC(=O)/C=C/c3cccc(OC(C)C)c3)nc12. The minimum atomic E-state index is -0.158. The van der Waals surface area contributed by atoms with Crippen LogP contribution in [0.15, 0.2) is 54.9 Å². The highest BCUT2D eigenvalue weighted by atomic mass is 16.5. The molecule has 0 saturated carbocycles. The van der Waals surface area contributed by atoms with Gasteiger partial charge in [0.25, 0.3) is 0 Å². The molecule has 0 fully saturated rings. The largest absolute Gasteiger partial charge is 0.491 e. The quantitative estimate of drug-likeness (QED) is 0.690. The molecule has 3 aromatic rings. The fourth-order valence-corrected chi connectivity index (χ4v) is 2.66. The Hall–Kier alpha value is -3.08. The maximum atomic E-state index is 12.1. The summed E-state index contributed by atoms with van der Waals surface area (Å²) in [5.74, 6) is 0.636. The predicted octanol–water partition coefficient (Wildman–Crippen LogP) is 3.76. The summed E-state index contributed by atoms with van der Waals surface area (Å²) in [6.07, 6.45) is 7.30. The second-order valence-electron chi connectivity index (χ2n) is 6.44. The van der Waals surface area contributed by atoms with Crippen LogP contribution in [-0.4, -0.2) is 21.4 Å². The molecule has 1 aromatic carbocycles. The Morgan fingerprint density at radius 1 is 1.31 bits per heavy atom. The number of nitrogens with one attached hydrogen (secondary N) is 1. The predicted molar refractivity (Wildman–Crippen MR) is 103 cm³/mol. The van der Waals surface area contributed by atoms with Crippen LogP contribution in [0, 0.1) is 6.92 Å². The fraction of sp³-hybridized carbons (Fsp3) is 0.238. The van der Waals surface area contributed by atoms with Gasteiger partial charge in [0, 0.05) is 18.5 Å². The Morgan fingerprint density at radius 2 is 2.15 bits per heavy atom. The molecule has 1 amide bonds. The molecule has 0 bridgehead atoms. The summed E-state index contributed by atoms with van der Waals surface area (Å²) in [5.41, 5.74) is 3.76. The van der Waals surface area contributed by atoms with Crippen molar-refractivity contribution in [3.8, 4) is 5.75 Å². The number of hydrogen-bond donors (Lipinski definition) is 1. The van der Waals surface area contributed by atoms with Crippen LogP contribution >= 0.6 is 0 Å². The normalized spacial score (nSPS) is 11.4. The van der Waals surface area contributed by atoms with Crippen LogP contribution in [-0.2, 0) is 11.3 Å². The molecule has 0 saturated heterocycles. The van der Waals surface area contributed by atoms with E-state index in [0.717, 1.165) is 28.2 Å². The number of carbonyl (C=O) groups excluding carboxylic acids is 1. The third-order valence-electron chi connectivity index (χ3n) is 3.83. The third-order valence-corrected chi connectivity index (χ3v) is 3.83. The maximum absolute atomic E-state index is 12.1. The first kappa shape index (κ1) is 17.7. The Bertz CT molecular complexity index is 941. The van der Waals surface area contributed by atoms with Gasteiger partial charge in [0.15, 0.2) is 0 Å². The molecule has 0 radical (unpaired) electrons. The van der Waals surface area contributed by atoms with Crippen molar-refractivity contribution in [1.82, 2.24) is 14.7 Å². The highest BCUT2D eigenvalue weighted by Gasteiger charge is 2.04. The molecule has 0 aliphatic heterocycles. The van der Waals surface area contributed by atoms with Crippen LogP contribution < -0.4 is 10.1 Å². The van der Waals surface area contributed by atoms with E-state index in [2.05, 4.69) is 10.3 Å². The van der Waals surface area contributed by atoms with Gasteiger partial charge in [-0.15, -0.1) is 0 Å². The van der Waals surface area contributed by atoms with Gasteiger partial charge < -0.3 is 14.5 Å². The summed E-state index contributed by atoms with van der Waals surface area (Å²) >= 11 is 0. The molecule has 0 unspecified atom stereocenters. The number of aryl methyl sites for hydroxylation is 1. The van der Waals surface area contributed by atoms with Crippen LogP contribution in [0.5, 0.6) is 5.75 Å². The Labute approximate surface area is 153 Å². The third kappa shape index (κ3) is 4.51.